The first-order chi connectivity index (χ1) is 16.2. The van der Waals surface area contributed by atoms with E-state index in [1.165, 1.54) is 22.4 Å². The molecule has 2 aliphatic heterocycles. The minimum atomic E-state index is -1.82. The smallest absolute Gasteiger partial charge is 0.414 e. The van der Waals surface area contributed by atoms with Gasteiger partial charge >= 0.3 is 11.9 Å². The van der Waals surface area contributed by atoms with Gasteiger partial charge in [0.15, 0.2) is 0 Å². The molecule has 0 aliphatic carbocycles. The van der Waals surface area contributed by atoms with E-state index in [-0.39, 0.29) is 5.91 Å². The number of hydrogen-bond acceptors (Lipinski definition) is 5. The molecule has 0 bridgehead atoms. The summed E-state index contributed by atoms with van der Waals surface area (Å²) in [5.41, 5.74) is 6.22. The number of carboxylic acids is 2. The second kappa shape index (κ2) is 11.5. The van der Waals surface area contributed by atoms with Gasteiger partial charge in [-0.1, -0.05) is 30.4 Å². The normalized spacial score (nSPS) is 16.1. The molecule has 2 heterocycles. The number of carbonyl (C=O) groups is 3. The minimum absolute atomic E-state index is 0.209. The van der Waals surface area contributed by atoms with E-state index in [0.29, 0.717) is 6.42 Å². The van der Waals surface area contributed by atoms with Crippen molar-refractivity contribution in [2.45, 2.75) is 19.8 Å². The summed E-state index contributed by atoms with van der Waals surface area (Å²) >= 11 is 0. The molecular weight excluding hydrogens is 434 g/mol. The molecule has 0 unspecified atom stereocenters. The zero-order chi connectivity index (χ0) is 24.7. The number of hydrogen-bond donors (Lipinski definition) is 2. The Morgan fingerprint density at radius 3 is 2.32 bits per heavy atom. The molecule has 2 N–H and O–H groups in total. The summed E-state index contributed by atoms with van der Waals surface area (Å²) in [7, 11) is 1.87. The van der Waals surface area contributed by atoms with Gasteiger partial charge in [0.1, 0.15) is 0 Å². The average Bonchev–Trinajstić information content (AvgIpc) is 2.82. The van der Waals surface area contributed by atoms with E-state index in [2.05, 4.69) is 71.3 Å². The molecule has 1 fully saturated rings. The molecule has 2 aromatic rings. The predicted octanol–water partition coefficient (Wildman–Crippen LogP) is 2.90. The van der Waals surface area contributed by atoms with Gasteiger partial charge in [0.2, 0.25) is 5.91 Å². The highest BCUT2D eigenvalue weighted by atomic mass is 16.4. The molecule has 8 nitrogen and oxygen atoms in total. The van der Waals surface area contributed by atoms with Crippen LogP contribution in [0, 0.1) is 6.92 Å². The van der Waals surface area contributed by atoms with Crippen LogP contribution in [0.4, 0.5) is 11.4 Å². The Morgan fingerprint density at radius 1 is 0.971 bits per heavy atom. The predicted molar refractivity (Wildman–Crippen MR) is 132 cm³/mol. The van der Waals surface area contributed by atoms with Gasteiger partial charge in [-0.3, -0.25) is 9.69 Å². The second-order valence-electron chi connectivity index (χ2n) is 8.48. The fraction of sp³-hybridized carbons (Fsp3) is 0.346. The van der Waals surface area contributed by atoms with Crippen molar-refractivity contribution >= 4 is 35.3 Å². The first-order valence-electron chi connectivity index (χ1n) is 11.3. The van der Waals surface area contributed by atoms with Gasteiger partial charge in [0, 0.05) is 57.6 Å². The molecule has 0 aromatic heterocycles. The van der Waals surface area contributed by atoms with Crippen molar-refractivity contribution in [3.8, 4) is 0 Å². The van der Waals surface area contributed by atoms with Crippen molar-refractivity contribution in [2.24, 2.45) is 0 Å². The molecule has 0 saturated carbocycles. The standard InChI is InChI=1S/C24H29N3O.C2H2O4/c1-19-5-3-7-22(17-19)27-15-13-26(14-16-27)12-4-6-20-8-10-23-21(18-20)9-11-24(28)25(23)2;3-1(4)2(5)6/h3-8,10,17-18H,9,11-16H2,1-2H3;(H,3,4)(H,5,6)/b6-4+;. The summed E-state index contributed by atoms with van der Waals surface area (Å²) in [4.78, 5) is 36.8. The molecule has 1 amide bonds. The van der Waals surface area contributed by atoms with Crippen LogP contribution in [0.25, 0.3) is 6.08 Å². The molecule has 2 aromatic carbocycles. The number of anilines is 2. The van der Waals surface area contributed by atoms with E-state index in [4.69, 9.17) is 19.8 Å². The summed E-state index contributed by atoms with van der Waals surface area (Å²) in [5, 5.41) is 14.8. The summed E-state index contributed by atoms with van der Waals surface area (Å²) in [5.74, 6) is -3.44. The Labute approximate surface area is 199 Å². The summed E-state index contributed by atoms with van der Waals surface area (Å²) in [6.07, 6.45) is 5.94. The molecular formula is C26H31N3O5. The second-order valence-corrected chi connectivity index (χ2v) is 8.48. The van der Waals surface area contributed by atoms with Crippen LogP contribution < -0.4 is 9.80 Å². The molecule has 34 heavy (non-hydrogen) atoms. The Morgan fingerprint density at radius 2 is 1.68 bits per heavy atom. The monoisotopic (exact) mass is 465 g/mol. The number of carbonyl (C=O) groups excluding carboxylic acids is 1. The largest absolute Gasteiger partial charge is 0.473 e. The number of amides is 1. The maximum Gasteiger partial charge on any atom is 0.414 e. The number of carboxylic acid groups (broad SMARTS) is 2. The van der Waals surface area contributed by atoms with Crippen LogP contribution in [0.3, 0.4) is 0 Å². The zero-order valence-electron chi connectivity index (χ0n) is 19.6. The molecule has 180 valence electrons. The lowest BCUT2D eigenvalue weighted by molar-refractivity contribution is -0.159. The summed E-state index contributed by atoms with van der Waals surface area (Å²) < 4.78 is 0. The van der Waals surface area contributed by atoms with Crippen LogP contribution in [-0.4, -0.2) is 72.7 Å². The number of nitrogens with zero attached hydrogens (tertiary/aromatic N) is 3. The first-order valence-corrected chi connectivity index (χ1v) is 11.3. The third-order valence-corrected chi connectivity index (χ3v) is 6.04. The molecule has 4 rings (SSSR count). The Kier molecular flexibility index (Phi) is 8.43. The van der Waals surface area contributed by atoms with Crippen LogP contribution in [0.1, 0.15) is 23.1 Å². The van der Waals surface area contributed by atoms with Gasteiger partial charge in [0.05, 0.1) is 0 Å². The third-order valence-electron chi connectivity index (χ3n) is 6.04. The number of fused-ring (bicyclic) bond motifs is 1. The van der Waals surface area contributed by atoms with Gasteiger partial charge in [-0.15, -0.1) is 0 Å². The SMILES string of the molecule is Cc1cccc(N2CCN(C/C=C/c3ccc4c(c3)CCC(=O)N4C)CC2)c1.O=C(O)C(=O)O. The fourth-order valence-electron chi connectivity index (χ4n) is 4.13. The molecule has 0 radical (unpaired) electrons. The lowest BCUT2D eigenvalue weighted by Crippen LogP contribution is -2.46. The Balaban J connectivity index is 0.000000481. The van der Waals surface area contributed by atoms with Gasteiger partial charge < -0.3 is 20.0 Å². The number of rotatable bonds is 4. The number of aryl methyl sites for hydroxylation is 2. The van der Waals surface area contributed by atoms with Crippen molar-refractivity contribution in [2.75, 3.05) is 49.6 Å². The molecule has 8 heteroatoms. The Bertz CT molecular complexity index is 1060. The van der Waals surface area contributed by atoms with Crippen LogP contribution in [0.15, 0.2) is 48.5 Å². The fourth-order valence-corrected chi connectivity index (χ4v) is 4.13. The maximum absolute atomic E-state index is 11.8. The lowest BCUT2D eigenvalue weighted by Gasteiger charge is -2.35. The van der Waals surface area contributed by atoms with Crippen LogP contribution in [0.2, 0.25) is 0 Å². The van der Waals surface area contributed by atoms with Gasteiger partial charge in [-0.2, -0.15) is 0 Å². The lowest BCUT2D eigenvalue weighted by atomic mass is 9.99. The number of piperazine rings is 1. The zero-order valence-corrected chi connectivity index (χ0v) is 19.6. The molecule has 0 atom stereocenters. The molecule has 1 saturated heterocycles. The van der Waals surface area contributed by atoms with E-state index in [9.17, 15) is 4.79 Å². The minimum Gasteiger partial charge on any atom is -0.473 e. The average molecular weight is 466 g/mol. The molecule has 0 spiro atoms. The van der Waals surface area contributed by atoms with E-state index in [1.807, 2.05) is 7.05 Å². The van der Waals surface area contributed by atoms with Crippen LogP contribution >= 0.6 is 0 Å². The van der Waals surface area contributed by atoms with Crippen LogP contribution in [-0.2, 0) is 20.8 Å². The topological polar surface area (TPSA) is 101 Å². The Hall–Kier alpha value is -3.65. The highest BCUT2D eigenvalue weighted by molar-refractivity contribution is 6.27. The van der Waals surface area contributed by atoms with Gasteiger partial charge in [-0.05, 0) is 54.3 Å². The number of benzene rings is 2. The number of aliphatic carboxylic acids is 2. The first kappa shape index (κ1) is 25.0. The quantitative estimate of drug-likeness (QED) is 0.670. The third kappa shape index (κ3) is 6.68. The maximum atomic E-state index is 11.8. The molecule has 2 aliphatic rings. The van der Waals surface area contributed by atoms with Crippen molar-refractivity contribution in [3.63, 3.8) is 0 Å². The van der Waals surface area contributed by atoms with E-state index in [1.54, 1.807) is 4.90 Å². The van der Waals surface area contributed by atoms with Crippen molar-refractivity contribution in [3.05, 3.63) is 65.2 Å². The van der Waals surface area contributed by atoms with E-state index in [0.717, 1.165) is 44.8 Å². The van der Waals surface area contributed by atoms with E-state index < -0.39 is 11.9 Å². The van der Waals surface area contributed by atoms with Crippen molar-refractivity contribution in [1.82, 2.24) is 4.90 Å². The van der Waals surface area contributed by atoms with E-state index >= 15 is 0 Å². The van der Waals surface area contributed by atoms with Gasteiger partial charge in [-0.25, -0.2) is 9.59 Å². The highest BCUT2D eigenvalue weighted by Gasteiger charge is 2.20. The van der Waals surface area contributed by atoms with Crippen molar-refractivity contribution in [1.29, 1.82) is 0 Å². The van der Waals surface area contributed by atoms with Crippen molar-refractivity contribution < 1.29 is 24.6 Å². The van der Waals surface area contributed by atoms with Gasteiger partial charge in [0.25, 0.3) is 0 Å². The summed E-state index contributed by atoms with van der Waals surface area (Å²) in [6.45, 7) is 7.48. The highest BCUT2D eigenvalue weighted by Crippen LogP contribution is 2.28. The van der Waals surface area contributed by atoms with Crippen LogP contribution in [0.5, 0.6) is 0 Å². The summed E-state index contributed by atoms with van der Waals surface area (Å²) in [6, 6.07) is 15.2.